The van der Waals surface area contributed by atoms with Gasteiger partial charge in [0.2, 0.25) is 0 Å². The number of para-hydroxylation sites is 1. The summed E-state index contributed by atoms with van der Waals surface area (Å²) in [4.78, 5) is 24.8. The van der Waals surface area contributed by atoms with Gasteiger partial charge >= 0.3 is 0 Å². The lowest BCUT2D eigenvalue weighted by Crippen LogP contribution is -2.29. The van der Waals surface area contributed by atoms with Gasteiger partial charge in [-0.1, -0.05) is 51.7 Å². The number of benzene rings is 1. The fourth-order valence-corrected chi connectivity index (χ4v) is 3.73. The molecule has 0 saturated carbocycles. The summed E-state index contributed by atoms with van der Waals surface area (Å²) in [5, 5.41) is 0. The summed E-state index contributed by atoms with van der Waals surface area (Å²) in [5.41, 5.74) is 7.73. The van der Waals surface area contributed by atoms with Crippen molar-refractivity contribution < 1.29 is 4.74 Å². The molecule has 3 N–H and O–H groups in total. The number of rotatable bonds is 11. The van der Waals surface area contributed by atoms with Gasteiger partial charge in [0.15, 0.2) is 11.2 Å². The fourth-order valence-electron chi connectivity index (χ4n) is 3.73. The molecular weight excluding hydrogens is 378 g/mol. The van der Waals surface area contributed by atoms with Gasteiger partial charge in [-0.25, -0.2) is 9.97 Å². The molecule has 2 unspecified atom stereocenters. The SMILES string of the molecule is CCCCCCC(C(C)N)n1cnc2c(=O)[nH]c(-c3ccccc3OCCC)nc21. The molecule has 0 bridgehead atoms. The van der Waals surface area contributed by atoms with Crippen LogP contribution in [0.3, 0.4) is 0 Å². The van der Waals surface area contributed by atoms with Crippen molar-refractivity contribution in [3.8, 4) is 17.1 Å². The van der Waals surface area contributed by atoms with E-state index in [0.29, 0.717) is 29.3 Å². The van der Waals surface area contributed by atoms with Gasteiger partial charge in [-0.3, -0.25) is 4.79 Å². The molecule has 0 amide bonds. The van der Waals surface area contributed by atoms with Crippen LogP contribution in [0.1, 0.15) is 65.3 Å². The largest absolute Gasteiger partial charge is 0.493 e. The summed E-state index contributed by atoms with van der Waals surface area (Å²) < 4.78 is 7.83. The molecule has 2 aromatic heterocycles. The van der Waals surface area contributed by atoms with Gasteiger partial charge in [-0.15, -0.1) is 0 Å². The smallest absolute Gasteiger partial charge is 0.279 e. The van der Waals surface area contributed by atoms with Crippen molar-refractivity contribution >= 4 is 11.2 Å². The van der Waals surface area contributed by atoms with Gasteiger partial charge in [-0.2, -0.15) is 0 Å². The van der Waals surface area contributed by atoms with Crippen molar-refractivity contribution in [2.45, 2.75) is 71.4 Å². The molecule has 0 aliphatic carbocycles. The number of imidazole rings is 1. The number of nitrogens with two attached hydrogens (primary N) is 1. The van der Waals surface area contributed by atoms with Crippen LogP contribution in [-0.4, -0.2) is 32.2 Å². The molecule has 7 heteroatoms. The predicted octanol–water partition coefficient (Wildman–Crippen LogP) is 4.43. The number of unbranched alkanes of at least 4 members (excludes halogenated alkanes) is 3. The molecule has 30 heavy (non-hydrogen) atoms. The molecule has 2 atom stereocenters. The van der Waals surface area contributed by atoms with Gasteiger partial charge < -0.3 is 20.0 Å². The van der Waals surface area contributed by atoms with Gasteiger partial charge in [0.25, 0.3) is 5.56 Å². The fraction of sp³-hybridized carbons (Fsp3) is 0.522. The zero-order valence-electron chi connectivity index (χ0n) is 18.2. The quantitative estimate of drug-likeness (QED) is 0.455. The standard InChI is InChI=1S/C23H33N5O2/c1-4-6-7-8-12-18(16(3)24)28-15-25-20-22(28)26-21(27-23(20)29)17-11-9-10-13-19(17)30-14-5-2/h9-11,13,15-16,18H,4-8,12,14,24H2,1-3H3,(H,26,27,29). The van der Waals surface area contributed by atoms with Gasteiger partial charge in [0.05, 0.1) is 24.5 Å². The molecule has 0 aliphatic heterocycles. The molecule has 7 nitrogen and oxygen atoms in total. The van der Waals surface area contributed by atoms with Crippen LogP contribution in [0.15, 0.2) is 35.4 Å². The summed E-state index contributed by atoms with van der Waals surface area (Å²) in [7, 11) is 0. The van der Waals surface area contributed by atoms with Crippen molar-refractivity contribution in [3.05, 3.63) is 40.9 Å². The Bertz CT molecular complexity index is 1010. The highest BCUT2D eigenvalue weighted by molar-refractivity contribution is 5.74. The number of nitrogens with one attached hydrogen (secondary N) is 1. The zero-order chi connectivity index (χ0) is 21.5. The Balaban J connectivity index is 2.02. The Kier molecular flexibility index (Phi) is 7.63. The van der Waals surface area contributed by atoms with Crippen LogP contribution in [0.5, 0.6) is 5.75 Å². The predicted molar refractivity (Wildman–Crippen MR) is 121 cm³/mol. The maximum Gasteiger partial charge on any atom is 0.279 e. The third-order valence-electron chi connectivity index (χ3n) is 5.35. The number of ether oxygens (including phenoxy) is 1. The van der Waals surface area contributed by atoms with E-state index in [4.69, 9.17) is 15.5 Å². The molecule has 0 spiro atoms. The number of hydrogen-bond donors (Lipinski definition) is 2. The summed E-state index contributed by atoms with van der Waals surface area (Å²) >= 11 is 0. The molecule has 0 radical (unpaired) electrons. The minimum absolute atomic E-state index is 0.0422. The van der Waals surface area contributed by atoms with Crippen LogP contribution in [0.4, 0.5) is 0 Å². The monoisotopic (exact) mass is 411 g/mol. The van der Waals surface area contributed by atoms with Crippen molar-refractivity contribution in [1.29, 1.82) is 0 Å². The third-order valence-corrected chi connectivity index (χ3v) is 5.35. The average Bonchev–Trinajstić information content (AvgIpc) is 3.16. The Morgan fingerprint density at radius 3 is 2.70 bits per heavy atom. The number of H-pyrrole nitrogens is 1. The third kappa shape index (κ3) is 4.90. The lowest BCUT2D eigenvalue weighted by Gasteiger charge is -2.23. The first-order valence-corrected chi connectivity index (χ1v) is 11.0. The van der Waals surface area contributed by atoms with Gasteiger partial charge in [-0.05, 0) is 31.9 Å². The molecule has 0 fully saturated rings. The van der Waals surface area contributed by atoms with E-state index >= 15 is 0 Å². The molecule has 2 heterocycles. The Morgan fingerprint density at radius 2 is 1.97 bits per heavy atom. The van der Waals surface area contributed by atoms with Crippen LogP contribution >= 0.6 is 0 Å². The van der Waals surface area contributed by atoms with Crippen LogP contribution in [0.25, 0.3) is 22.6 Å². The maximum atomic E-state index is 12.8. The molecule has 0 aliphatic rings. The van der Waals surface area contributed by atoms with E-state index in [2.05, 4.69) is 23.8 Å². The van der Waals surface area contributed by atoms with Crippen molar-refractivity contribution in [2.75, 3.05) is 6.61 Å². The van der Waals surface area contributed by atoms with E-state index in [-0.39, 0.29) is 17.6 Å². The van der Waals surface area contributed by atoms with Crippen LogP contribution in [0.2, 0.25) is 0 Å². The summed E-state index contributed by atoms with van der Waals surface area (Å²) in [5.74, 6) is 1.19. The van der Waals surface area contributed by atoms with Crippen LogP contribution < -0.4 is 16.0 Å². The lowest BCUT2D eigenvalue weighted by atomic mass is 10.0. The number of nitrogens with zero attached hydrogens (tertiary/aromatic N) is 3. The second kappa shape index (κ2) is 10.4. The van der Waals surface area contributed by atoms with Crippen molar-refractivity contribution in [2.24, 2.45) is 5.73 Å². The van der Waals surface area contributed by atoms with Gasteiger partial charge in [0.1, 0.15) is 11.6 Å². The Morgan fingerprint density at radius 1 is 1.17 bits per heavy atom. The minimum atomic E-state index is -0.256. The first kappa shape index (κ1) is 22.0. The second-order valence-electron chi connectivity index (χ2n) is 7.86. The van der Waals surface area contributed by atoms with Crippen LogP contribution in [0, 0.1) is 0 Å². The summed E-state index contributed by atoms with van der Waals surface area (Å²) in [6.45, 7) is 6.86. The highest BCUT2D eigenvalue weighted by atomic mass is 16.5. The van der Waals surface area contributed by atoms with E-state index in [1.54, 1.807) is 6.33 Å². The molecule has 0 saturated heterocycles. The summed E-state index contributed by atoms with van der Waals surface area (Å²) in [6, 6.07) is 7.59. The number of hydrogen-bond acceptors (Lipinski definition) is 5. The van der Waals surface area contributed by atoms with Crippen molar-refractivity contribution in [3.63, 3.8) is 0 Å². The second-order valence-corrected chi connectivity index (χ2v) is 7.86. The number of fused-ring (bicyclic) bond motifs is 1. The Labute approximate surface area is 177 Å². The molecule has 3 aromatic rings. The Hall–Kier alpha value is -2.67. The van der Waals surface area contributed by atoms with E-state index in [1.807, 2.05) is 35.8 Å². The van der Waals surface area contributed by atoms with Crippen molar-refractivity contribution in [1.82, 2.24) is 19.5 Å². The van der Waals surface area contributed by atoms with E-state index in [9.17, 15) is 4.79 Å². The normalized spacial score (nSPS) is 13.5. The lowest BCUT2D eigenvalue weighted by molar-refractivity contribution is 0.318. The number of aromatic amines is 1. The van der Waals surface area contributed by atoms with E-state index < -0.39 is 0 Å². The summed E-state index contributed by atoms with van der Waals surface area (Å²) in [6.07, 6.45) is 8.20. The molecule has 3 rings (SSSR count). The van der Waals surface area contributed by atoms with E-state index in [0.717, 1.165) is 24.8 Å². The first-order chi connectivity index (χ1) is 14.6. The van der Waals surface area contributed by atoms with Gasteiger partial charge in [0, 0.05) is 6.04 Å². The first-order valence-electron chi connectivity index (χ1n) is 11.0. The zero-order valence-corrected chi connectivity index (χ0v) is 18.2. The molecule has 1 aromatic carbocycles. The van der Waals surface area contributed by atoms with E-state index in [1.165, 1.54) is 19.3 Å². The highest BCUT2D eigenvalue weighted by Crippen LogP contribution is 2.29. The highest BCUT2D eigenvalue weighted by Gasteiger charge is 2.21. The molecule has 162 valence electrons. The minimum Gasteiger partial charge on any atom is -0.493 e. The average molecular weight is 412 g/mol. The molecular formula is C23H33N5O2. The topological polar surface area (TPSA) is 98.8 Å². The van der Waals surface area contributed by atoms with Crippen LogP contribution in [-0.2, 0) is 0 Å². The number of aromatic nitrogens is 4. The maximum absolute atomic E-state index is 12.8.